The lowest BCUT2D eigenvalue weighted by molar-refractivity contribution is 0.0766. The van der Waals surface area contributed by atoms with Crippen molar-refractivity contribution in [1.82, 2.24) is 25.7 Å². The Hall–Kier alpha value is -3.33. The molecule has 3 fully saturated rings. The zero-order valence-electron chi connectivity index (χ0n) is 21.5. The summed E-state index contributed by atoms with van der Waals surface area (Å²) < 4.78 is 20.4. The lowest BCUT2D eigenvalue weighted by Gasteiger charge is -2.55. The fourth-order valence-corrected chi connectivity index (χ4v) is 6.58. The number of aromatic hydroxyl groups is 1. The molecule has 3 atom stereocenters. The van der Waals surface area contributed by atoms with Gasteiger partial charge >= 0.3 is 0 Å². The highest BCUT2D eigenvalue weighted by molar-refractivity contribution is 5.75. The summed E-state index contributed by atoms with van der Waals surface area (Å²) in [5.41, 5.74) is 1.67. The van der Waals surface area contributed by atoms with Gasteiger partial charge < -0.3 is 20.1 Å². The SMILES string of the molecule is COc1cc(-c2cc(O)c(-c3ccc(N(C4CC4)C4C[C@]5(C)CCC[C@](C)(C4)N5)nn3)c(F)c2)cnn1. The van der Waals surface area contributed by atoms with Gasteiger partial charge in [0.25, 0.3) is 0 Å². The summed E-state index contributed by atoms with van der Waals surface area (Å²) >= 11 is 0. The van der Waals surface area contributed by atoms with Gasteiger partial charge in [-0.1, -0.05) is 0 Å². The van der Waals surface area contributed by atoms with Crippen molar-refractivity contribution >= 4 is 5.82 Å². The Kier molecular flexibility index (Phi) is 5.78. The van der Waals surface area contributed by atoms with Crippen molar-refractivity contribution < 1.29 is 14.2 Å². The number of fused-ring (bicyclic) bond motifs is 2. The minimum Gasteiger partial charge on any atom is -0.507 e. The summed E-state index contributed by atoms with van der Waals surface area (Å²) in [4.78, 5) is 2.46. The molecule has 194 valence electrons. The second kappa shape index (κ2) is 8.90. The van der Waals surface area contributed by atoms with Crippen LogP contribution in [0.15, 0.2) is 36.5 Å². The van der Waals surface area contributed by atoms with Crippen molar-refractivity contribution in [3.63, 3.8) is 0 Å². The molecule has 9 heteroatoms. The maximum atomic E-state index is 15.3. The summed E-state index contributed by atoms with van der Waals surface area (Å²) in [7, 11) is 1.49. The van der Waals surface area contributed by atoms with Crippen molar-refractivity contribution in [2.24, 2.45) is 0 Å². The molecule has 3 aliphatic rings. The van der Waals surface area contributed by atoms with E-state index >= 15 is 4.39 Å². The Labute approximate surface area is 216 Å². The van der Waals surface area contributed by atoms with E-state index in [0.29, 0.717) is 34.8 Å². The van der Waals surface area contributed by atoms with E-state index in [2.05, 4.69) is 44.5 Å². The summed E-state index contributed by atoms with van der Waals surface area (Å²) in [5.74, 6) is 0.344. The average molecular weight is 505 g/mol. The first-order valence-corrected chi connectivity index (χ1v) is 13.1. The first-order valence-electron chi connectivity index (χ1n) is 13.1. The van der Waals surface area contributed by atoms with Crippen LogP contribution in [0.4, 0.5) is 10.2 Å². The Morgan fingerprint density at radius 2 is 1.76 bits per heavy atom. The van der Waals surface area contributed by atoms with Gasteiger partial charge in [0.2, 0.25) is 5.88 Å². The highest BCUT2D eigenvalue weighted by atomic mass is 19.1. The average Bonchev–Trinajstić information content (AvgIpc) is 3.68. The number of rotatable bonds is 6. The van der Waals surface area contributed by atoms with Crippen LogP contribution in [0.3, 0.4) is 0 Å². The third-order valence-electron chi connectivity index (χ3n) is 8.18. The molecule has 2 aliphatic heterocycles. The van der Waals surface area contributed by atoms with E-state index in [1.54, 1.807) is 12.1 Å². The van der Waals surface area contributed by atoms with Crippen LogP contribution in [-0.4, -0.2) is 55.8 Å². The number of anilines is 1. The number of ether oxygens (including phenoxy) is 1. The number of aromatic nitrogens is 4. The Morgan fingerprint density at radius 1 is 1.00 bits per heavy atom. The number of benzene rings is 1. The van der Waals surface area contributed by atoms with Crippen molar-refractivity contribution in [3.8, 4) is 34.0 Å². The summed E-state index contributed by atoms with van der Waals surface area (Å²) in [6.45, 7) is 4.70. The van der Waals surface area contributed by atoms with Gasteiger partial charge in [0, 0.05) is 34.8 Å². The molecular weight excluding hydrogens is 471 g/mol. The van der Waals surface area contributed by atoms with Gasteiger partial charge in [0.1, 0.15) is 11.6 Å². The predicted octanol–water partition coefficient (Wildman–Crippen LogP) is 4.88. The molecule has 0 radical (unpaired) electrons. The number of phenols is 1. The van der Waals surface area contributed by atoms with E-state index in [1.807, 2.05) is 6.07 Å². The maximum Gasteiger partial charge on any atom is 0.233 e. The van der Waals surface area contributed by atoms with E-state index in [-0.39, 0.29) is 22.4 Å². The van der Waals surface area contributed by atoms with Gasteiger partial charge in [0.15, 0.2) is 5.82 Å². The van der Waals surface area contributed by atoms with Crippen LogP contribution in [0.5, 0.6) is 11.6 Å². The molecule has 1 aromatic carbocycles. The minimum absolute atomic E-state index is 0.0335. The van der Waals surface area contributed by atoms with Crippen LogP contribution in [0.2, 0.25) is 0 Å². The molecule has 8 nitrogen and oxygen atoms in total. The molecular formula is C28H33FN6O2. The number of piperidine rings is 2. The van der Waals surface area contributed by atoms with Crippen LogP contribution in [0.25, 0.3) is 22.4 Å². The van der Waals surface area contributed by atoms with E-state index in [0.717, 1.165) is 31.5 Å². The summed E-state index contributed by atoms with van der Waals surface area (Å²) in [6.07, 6.45) is 9.62. The van der Waals surface area contributed by atoms with Crippen LogP contribution in [-0.2, 0) is 0 Å². The molecule has 2 N–H and O–H groups in total. The second-order valence-corrected chi connectivity index (χ2v) is 11.4. The predicted molar refractivity (Wildman–Crippen MR) is 139 cm³/mol. The first-order chi connectivity index (χ1) is 17.8. The topological polar surface area (TPSA) is 96.3 Å². The molecule has 37 heavy (non-hydrogen) atoms. The monoisotopic (exact) mass is 504 g/mol. The van der Waals surface area contributed by atoms with Gasteiger partial charge in [-0.15, -0.1) is 15.3 Å². The standard InChI is InChI=1S/C28H33FN6O2/c1-27-9-4-10-28(2,34-27)15-20(14-27)35(19-5-6-19)24-8-7-22(31-32-24)26-21(29)11-17(12-23(26)36)18-13-25(37-3)33-30-16-18/h7-8,11-13,16,19-20,34,36H,4-6,9-10,14-15H2,1-3H3/t20?,27-,28+. The lowest BCUT2D eigenvalue weighted by atomic mass is 9.69. The Bertz CT molecular complexity index is 1280. The highest BCUT2D eigenvalue weighted by Gasteiger charge is 2.49. The summed E-state index contributed by atoms with van der Waals surface area (Å²) in [5, 5.41) is 31.3. The molecule has 0 spiro atoms. The van der Waals surface area contributed by atoms with E-state index < -0.39 is 5.82 Å². The molecule has 2 bridgehead atoms. The smallest absolute Gasteiger partial charge is 0.233 e. The van der Waals surface area contributed by atoms with Gasteiger partial charge in [-0.25, -0.2) is 4.39 Å². The molecule has 1 aliphatic carbocycles. The Morgan fingerprint density at radius 3 is 2.38 bits per heavy atom. The number of hydrogen-bond donors (Lipinski definition) is 2. The molecule has 2 aromatic heterocycles. The lowest BCUT2D eigenvalue weighted by Crippen LogP contribution is -2.67. The van der Waals surface area contributed by atoms with E-state index in [1.165, 1.54) is 44.7 Å². The number of phenolic OH excluding ortho intramolecular Hbond substituents is 1. The fourth-order valence-electron chi connectivity index (χ4n) is 6.58. The largest absolute Gasteiger partial charge is 0.507 e. The molecule has 0 amide bonds. The molecule has 1 unspecified atom stereocenters. The van der Waals surface area contributed by atoms with Crippen LogP contribution < -0.4 is 15.0 Å². The second-order valence-electron chi connectivity index (χ2n) is 11.4. The third-order valence-corrected chi connectivity index (χ3v) is 8.18. The maximum absolute atomic E-state index is 15.3. The fraction of sp³-hybridized carbons (Fsp3) is 0.500. The van der Waals surface area contributed by atoms with Gasteiger partial charge in [0.05, 0.1) is 24.6 Å². The zero-order chi connectivity index (χ0) is 25.8. The number of methoxy groups -OCH3 is 1. The van der Waals surface area contributed by atoms with Gasteiger partial charge in [-0.2, -0.15) is 5.10 Å². The van der Waals surface area contributed by atoms with Crippen molar-refractivity contribution in [3.05, 3.63) is 42.3 Å². The molecule has 4 heterocycles. The highest BCUT2D eigenvalue weighted by Crippen LogP contribution is 2.45. The third kappa shape index (κ3) is 4.61. The molecule has 6 rings (SSSR count). The molecule has 1 saturated carbocycles. The van der Waals surface area contributed by atoms with Crippen molar-refractivity contribution in [2.45, 2.75) is 82.0 Å². The first kappa shape index (κ1) is 24.0. The van der Waals surface area contributed by atoms with Gasteiger partial charge in [-0.3, -0.25) is 0 Å². The normalized spacial score (nSPS) is 27.1. The Balaban J connectivity index is 1.28. The van der Waals surface area contributed by atoms with Crippen molar-refractivity contribution in [2.75, 3.05) is 12.0 Å². The van der Waals surface area contributed by atoms with Gasteiger partial charge in [-0.05, 0) is 88.6 Å². The van der Waals surface area contributed by atoms with E-state index in [9.17, 15) is 5.11 Å². The summed E-state index contributed by atoms with van der Waals surface area (Å²) in [6, 6.07) is 9.04. The zero-order valence-corrected chi connectivity index (χ0v) is 21.5. The minimum atomic E-state index is -0.584. The van der Waals surface area contributed by atoms with Crippen molar-refractivity contribution in [1.29, 1.82) is 0 Å². The number of halogens is 1. The molecule has 3 aromatic rings. The van der Waals surface area contributed by atoms with Crippen LogP contribution in [0, 0.1) is 5.82 Å². The number of hydrogen-bond acceptors (Lipinski definition) is 8. The number of nitrogens with one attached hydrogen (secondary N) is 1. The van der Waals surface area contributed by atoms with E-state index in [4.69, 9.17) is 4.74 Å². The van der Waals surface area contributed by atoms with Crippen LogP contribution in [0.1, 0.15) is 58.8 Å². The quantitative estimate of drug-likeness (QED) is 0.491. The molecule has 2 saturated heterocycles. The van der Waals surface area contributed by atoms with Crippen LogP contribution >= 0.6 is 0 Å². The number of nitrogens with zero attached hydrogens (tertiary/aromatic N) is 5.